The smallest absolute Gasteiger partial charge is 0.321 e. The van der Waals surface area contributed by atoms with Gasteiger partial charge in [-0.3, -0.25) is 4.79 Å². The molecule has 174 valence electrons. The molecule has 0 saturated carbocycles. The van der Waals surface area contributed by atoms with Crippen LogP contribution in [0.2, 0.25) is 0 Å². The van der Waals surface area contributed by atoms with Crippen molar-refractivity contribution in [3.63, 3.8) is 0 Å². The summed E-state index contributed by atoms with van der Waals surface area (Å²) >= 11 is 0. The number of carboxylic acid groups (broad SMARTS) is 1. The fourth-order valence-electron chi connectivity index (χ4n) is 3.46. The number of aliphatic carboxylic acids is 1. The van der Waals surface area contributed by atoms with E-state index in [9.17, 15) is 15.0 Å². The van der Waals surface area contributed by atoms with Crippen molar-refractivity contribution >= 4 is 5.97 Å². The Morgan fingerprint density at radius 3 is 2.20 bits per heavy atom. The maximum atomic E-state index is 11.3. The van der Waals surface area contributed by atoms with Crippen LogP contribution in [0, 0.1) is 0 Å². The molecule has 1 heterocycles. The molecule has 30 heavy (non-hydrogen) atoms. The van der Waals surface area contributed by atoms with Gasteiger partial charge in [-0.25, -0.2) is 4.98 Å². The third kappa shape index (κ3) is 14.5. The highest BCUT2D eigenvalue weighted by atomic mass is 16.5. The first-order valence-corrected chi connectivity index (χ1v) is 11.8. The summed E-state index contributed by atoms with van der Waals surface area (Å²) in [5, 5.41) is 22.2. The fraction of sp³-hybridized carbons (Fsp3) is 0.826. The van der Waals surface area contributed by atoms with E-state index in [0.29, 0.717) is 13.0 Å². The van der Waals surface area contributed by atoms with E-state index in [0.717, 1.165) is 18.5 Å². The summed E-state index contributed by atoms with van der Waals surface area (Å²) in [6.45, 7) is 3.31. The molecule has 0 bridgehead atoms. The summed E-state index contributed by atoms with van der Waals surface area (Å²) in [7, 11) is 0. The quantitative estimate of drug-likeness (QED) is 0.221. The lowest BCUT2D eigenvalue weighted by Crippen LogP contribution is -2.43. The highest BCUT2D eigenvalue weighted by Crippen LogP contribution is 2.12. The molecule has 0 aliphatic rings. The van der Waals surface area contributed by atoms with Crippen molar-refractivity contribution in [1.29, 1.82) is 0 Å². The molecule has 0 saturated heterocycles. The van der Waals surface area contributed by atoms with Crippen molar-refractivity contribution in [2.75, 3.05) is 19.8 Å². The standard InChI is InChI=1S/C23H43N3O4/c1-2-3-4-5-6-7-8-9-10-11-12-13-14-30-18-21(27)17-25-22(23(28)29)15-20-16-24-19-26-20/h16,19,21-22,25,27H,2-15,17-18H2,1H3,(H,24,26)(H,28,29)/t21?,22-/m0/s1. The lowest BCUT2D eigenvalue weighted by atomic mass is 10.1. The van der Waals surface area contributed by atoms with E-state index in [2.05, 4.69) is 22.2 Å². The molecule has 2 atom stereocenters. The average Bonchev–Trinajstić information content (AvgIpc) is 3.24. The van der Waals surface area contributed by atoms with Crippen molar-refractivity contribution in [3.8, 4) is 0 Å². The van der Waals surface area contributed by atoms with Crippen molar-refractivity contribution in [1.82, 2.24) is 15.3 Å². The zero-order valence-corrected chi connectivity index (χ0v) is 18.8. The van der Waals surface area contributed by atoms with E-state index >= 15 is 0 Å². The van der Waals surface area contributed by atoms with Gasteiger partial charge in [0.15, 0.2) is 0 Å². The Balaban J connectivity index is 1.90. The van der Waals surface area contributed by atoms with Crippen LogP contribution in [0.15, 0.2) is 12.5 Å². The molecule has 1 aromatic heterocycles. The molecule has 0 spiro atoms. The molecule has 0 fully saturated rings. The Kier molecular flexibility index (Phi) is 16.3. The van der Waals surface area contributed by atoms with Gasteiger partial charge < -0.3 is 25.3 Å². The van der Waals surface area contributed by atoms with Crippen LogP contribution >= 0.6 is 0 Å². The number of aliphatic hydroxyl groups excluding tert-OH is 1. The number of ether oxygens (including phenoxy) is 1. The number of H-pyrrole nitrogens is 1. The number of hydrogen-bond donors (Lipinski definition) is 4. The molecule has 1 aromatic rings. The zero-order chi connectivity index (χ0) is 21.9. The van der Waals surface area contributed by atoms with Crippen LogP contribution in [0.25, 0.3) is 0 Å². The number of imidazole rings is 1. The van der Waals surface area contributed by atoms with E-state index in [1.165, 1.54) is 70.5 Å². The van der Waals surface area contributed by atoms with E-state index in [-0.39, 0.29) is 13.2 Å². The minimum Gasteiger partial charge on any atom is -0.480 e. The number of aliphatic hydroxyl groups is 1. The van der Waals surface area contributed by atoms with Gasteiger partial charge in [-0.15, -0.1) is 0 Å². The number of carboxylic acids is 1. The van der Waals surface area contributed by atoms with Crippen LogP contribution < -0.4 is 5.32 Å². The Labute approximate surface area is 182 Å². The van der Waals surface area contributed by atoms with Crippen LogP contribution in [0.4, 0.5) is 0 Å². The Bertz CT molecular complexity index is 511. The van der Waals surface area contributed by atoms with Crippen molar-refractivity contribution in [2.45, 2.75) is 103 Å². The first-order valence-electron chi connectivity index (χ1n) is 11.8. The molecule has 1 unspecified atom stereocenters. The van der Waals surface area contributed by atoms with Crippen LogP contribution in [0.1, 0.15) is 89.7 Å². The van der Waals surface area contributed by atoms with Crippen LogP contribution in [0.5, 0.6) is 0 Å². The number of nitrogens with one attached hydrogen (secondary N) is 2. The highest BCUT2D eigenvalue weighted by molar-refractivity contribution is 5.73. The first-order chi connectivity index (χ1) is 14.6. The molecule has 0 aliphatic heterocycles. The third-order valence-electron chi connectivity index (χ3n) is 5.33. The second-order valence-electron chi connectivity index (χ2n) is 8.20. The van der Waals surface area contributed by atoms with Gasteiger partial charge in [-0.1, -0.05) is 77.6 Å². The Hall–Kier alpha value is -1.44. The molecular weight excluding hydrogens is 382 g/mol. The second kappa shape index (κ2) is 18.3. The van der Waals surface area contributed by atoms with E-state index in [1.807, 2.05) is 0 Å². The number of aromatic nitrogens is 2. The topological polar surface area (TPSA) is 107 Å². The van der Waals surface area contributed by atoms with Crippen molar-refractivity contribution in [2.24, 2.45) is 0 Å². The Morgan fingerprint density at radius 1 is 1.07 bits per heavy atom. The molecule has 0 aromatic carbocycles. The minimum atomic E-state index is -0.950. The lowest BCUT2D eigenvalue weighted by molar-refractivity contribution is -0.139. The molecule has 0 radical (unpaired) electrons. The number of unbranched alkanes of at least 4 members (excludes halogenated alkanes) is 11. The fourth-order valence-corrected chi connectivity index (χ4v) is 3.46. The predicted molar refractivity (Wildman–Crippen MR) is 120 cm³/mol. The minimum absolute atomic E-state index is 0.184. The van der Waals surface area contributed by atoms with Gasteiger partial charge in [0.2, 0.25) is 0 Å². The van der Waals surface area contributed by atoms with Crippen molar-refractivity contribution < 1.29 is 19.7 Å². The van der Waals surface area contributed by atoms with Crippen LogP contribution in [-0.4, -0.2) is 58.1 Å². The van der Waals surface area contributed by atoms with Crippen LogP contribution in [-0.2, 0) is 16.0 Å². The molecule has 1 rings (SSSR count). The number of nitrogens with zero attached hydrogens (tertiary/aromatic N) is 1. The van der Waals surface area contributed by atoms with Gasteiger partial charge in [-0.05, 0) is 6.42 Å². The monoisotopic (exact) mass is 425 g/mol. The maximum absolute atomic E-state index is 11.3. The normalized spacial score (nSPS) is 13.4. The van der Waals surface area contributed by atoms with Gasteiger partial charge in [0.05, 0.1) is 19.0 Å². The SMILES string of the molecule is CCCCCCCCCCCCCCOCC(O)CN[C@@H](Cc1cnc[nH]1)C(=O)O. The molecule has 4 N–H and O–H groups in total. The van der Waals surface area contributed by atoms with Crippen LogP contribution in [0.3, 0.4) is 0 Å². The predicted octanol–water partition coefficient (Wildman–Crippen LogP) is 4.07. The number of carbonyl (C=O) groups is 1. The summed E-state index contributed by atoms with van der Waals surface area (Å²) in [6, 6.07) is -0.767. The summed E-state index contributed by atoms with van der Waals surface area (Å²) in [5.74, 6) is -0.950. The maximum Gasteiger partial charge on any atom is 0.321 e. The van der Waals surface area contributed by atoms with Gasteiger partial charge >= 0.3 is 5.97 Å². The zero-order valence-electron chi connectivity index (χ0n) is 18.8. The highest BCUT2D eigenvalue weighted by Gasteiger charge is 2.19. The largest absolute Gasteiger partial charge is 0.480 e. The van der Waals surface area contributed by atoms with E-state index < -0.39 is 18.1 Å². The third-order valence-corrected chi connectivity index (χ3v) is 5.33. The van der Waals surface area contributed by atoms with E-state index in [4.69, 9.17) is 4.74 Å². The lowest BCUT2D eigenvalue weighted by Gasteiger charge is -2.17. The van der Waals surface area contributed by atoms with Crippen molar-refractivity contribution in [3.05, 3.63) is 18.2 Å². The number of aromatic amines is 1. The summed E-state index contributed by atoms with van der Waals surface area (Å²) in [6.07, 6.45) is 18.4. The Morgan fingerprint density at radius 2 is 1.67 bits per heavy atom. The summed E-state index contributed by atoms with van der Waals surface area (Å²) < 4.78 is 5.53. The average molecular weight is 426 g/mol. The molecule has 7 heteroatoms. The number of hydrogen-bond acceptors (Lipinski definition) is 5. The van der Waals surface area contributed by atoms with Gasteiger partial charge in [0.25, 0.3) is 0 Å². The van der Waals surface area contributed by atoms with Gasteiger partial charge in [-0.2, -0.15) is 0 Å². The molecule has 7 nitrogen and oxygen atoms in total. The summed E-state index contributed by atoms with van der Waals surface area (Å²) in [5.41, 5.74) is 0.743. The van der Waals surface area contributed by atoms with E-state index in [1.54, 1.807) is 6.20 Å². The summed E-state index contributed by atoms with van der Waals surface area (Å²) in [4.78, 5) is 18.1. The second-order valence-corrected chi connectivity index (χ2v) is 8.20. The molecule has 0 aliphatic carbocycles. The molecular formula is C23H43N3O4. The van der Waals surface area contributed by atoms with Gasteiger partial charge in [0.1, 0.15) is 6.04 Å². The van der Waals surface area contributed by atoms with Gasteiger partial charge in [0, 0.05) is 31.5 Å². The molecule has 0 amide bonds. The number of rotatable bonds is 21. The first kappa shape index (κ1) is 26.6.